The van der Waals surface area contributed by atoms with Crippen molar-refractivity contribution in [3.63, 3.8) is 0 Å². The molecule has 1 atom stereocenters. The van der Waals surface area contributed by atoms with E-state index in [1.165, 1.54) is 24.1 Å². The smallest absolute Gasteiger partial charge is 0.0772 e. The quantitative estimate of drug-likeness (QED) is 0.795. The van der Waals surface area contributed by atoms with Gasteiger partial charge in [-0.3, -0.25) is 0 Å². The minimum Gasteiger partial charge on any atom is -0.309 e. The van der Waals surface area contributed by atoms with Crippen LogP contribution in [-0.2, 0) is 0 Å². The van der Waals surface area contributed by atoms with Crippen LogP contribution in [0.25, 0.3) is 0 Å². The monoisotopic (exact) mass is 241 g/mol. The van der Waals surface area contributed by atoms with Crippen molar-refractivity contribution in [2.45, 2.75) is 53.0 Å². The maximum Gasteiger partial charge on any atom is 0.0772 e. The van der Waals surface area contributed by atoms with Crippen LogP contribution in [-0.4, -0.2) is 16.1 Å². The van der Waals surface area contributed by atoms with Crippen LogP contribution >= 0.6 is 11.5 Å². The minimum atomic E-state index is 0.440. The first-order valence-corrected chi connectivity index (χ1v) is 7.04. The number of nitrogens with zero attached hydrogens (tertiary/aromatic N) is 2. The molecule has 16 heavy (non-hydrogen) atoms. The van der Waals surface area contributed by atoms with Gasteiger partial charge in [-0.1, -0.05) is 38.1 Å². The van der Waals surface area contributed by atoms with Crippen LogP contribution in [0.4, 0.5) is 0 Å². The minimum absolute atomic E-state index is 0.440. The van der Waals surface area contributed by atoms with E-state index >= 15 is 0 Å². The van der Waals surface area contributed by atoms with Gasteiger partial charge in [-0.05, 0) is 37.3 Å². The van der Waals surface area contributed by atoms with E-state index in [2.05, 4.69) is 42.6 Å². The van der Waals surface area contributed by atoms with Crippen molar-refractivity contribution < 1.29 is 0 Å². The van der Waals surface area contributed by atoms with Gasteiger partial charge in [-0.25, -0.2) is 0 Å². The molecule has 1 rings (SSSR count). The molecule has 0 saturated heterocycles. The molecular formula is C12H23N3S. The Hall–Kier alpha value is -0.480. The van der Waals surface area contributed by atoms with Crippen LogP contribution in [0.5, 0.6) is 0 Å². The Morgan fingerprint density at radius 1 is 1.25 bits per heavy atom. The summed E-state index contributed by atoms with van der Waals surface area (Å²) in [4.78, 5) is 1.32. The Kier molecular flexibility index (Phi) is 5.91. The molecule has 0 radical (unpaired) electrons. The third kappa shape index (κ3) is 3.25. The molecule has 1 N–H and O–H groups in total. The third-order valence-electron chi connectivity index (χ3n) is 3.10. The lowest BCUT2D eigenvalue weighted by molar-refractivity contribution is 0.344. The van der Waals surface area contributed by atoms with Gasteiger partial charge in [-0.15, -0.1) is 5.10 Å². The molecule has 0 spiro atoms. The first-order valence-electron chi connectivity index (χ1n) is 6.26. The largest absolute Gasteiger partial charge is 0.309 e. The van der Waals surface area contributed by atoms with Crippen LogP contribution < -0.4 is 5.32 Å². The van der Waals surface area contributed by atoms with Gasteiger partial charge in [0.2, 0.25) is 0 Å². The van der Waals surface area contributed by atoms with Crippen molar-refractivity contribution >= 4 is 11.5 Å². The van der Waals surface area contributed by atoms with Gasteiger partial charge < -0.3 is 5.32 Å². The molecule has 0 aliphatic heterocycles. The molecule has 0 aromatic carbocycles. The molecule has 1 heterocycles. The van der Waals surface area contributed by atoms with E-state index in [0.717, 1.165) is 12.2 Å². The van der Waals surface area contributed by atoms with Crippen molar-refractivity contribution in [1.29, 1.82) is 0 Å². The summed E-state index contributed by atoms with van der Waals surface area (Å²) in [7, 11) is 0. The predicted octanol–water partition coefficient (Wildman–Crippen LogP) is 3.32. The summed E-state index contributed by atoms with van der Waals surface area (Å²) in [5.74, 6) is 0.687. The first kappa shape index (κ1) is 13.6. The lowest BCUT2D eigenvalue weighted by atomic mass is 9.92. The molecule has 0 fully saturated rings. The Morgan fingerprint density at radius 3 is 2.38 bits per heavy atom. The van der Waals surface area contributed by atoms with Gasteiger partial charge in [0, 0.05) is 6.04 Å². The van der Waals surface area contributed by atoms with Gasteiger partial charge in [0.05, 0.1) is 10.6 Å². The highest BCUT2D eigenvalue weighted by Crippen LogP contribution is 2.30. The first-order chi connectivity index (χ1) is 7.74. The van der Waals surface area contributed by atoms with E-state index in [1.807, 2.05) is 0 Å². The van der Waals surface area contributed by atoms with E-state index in [9.17, 15) is 0 Å². The third-order valence-corrected chi connectivity index (χ3v) is 4.01. The van der Waals surface area contributed by atoms with Crippen LogP contribution in [0.2, 0.25) is 0 Å². The van der Waals surface area contributed by atoms with Gasteiger partial charge in [-0.2, -0.15) is 0 Å². The summed E-state index contributed by atoms with van der Waals surface area (Å²) in [5.41, 5.74) is 1.09. The van der Waals surface area contributed by atoms with E-state index < -0.39 is 0 Å². The van der Waals surface area contributed by atoms with Crippen LogP contribution in [0.3, 0.4) is 0 Å². The maximum atomic E-state index is 4.13. The van der Waals surface area contributed by atoms with Crippen molar-refractivity contribution in [2.75, 3.05) is 6.54 Å². The number of nitrogens with one attached hydrogen (secondary N) is 1. The average Bonchev–Trinajstić information content (AvgIpc) is 2.71. The number of hydrogen-bond acceptors (Lipinski definition) is 4. The highest BCUT2D eigenvalue weighted by atomic mass is 32.1. The molecule has 0 aliphatic carbocycles. The van der Waals surface area contributed by atoms with Crippen LogP contribution in [0.15, 0.2) is 0 Å². The molecule has 4 heteroatoms. The zero-order valence-corrected chi connectivity index (χ0v) is 11.6. The molecule has 0 aliphatic rings. The summed E-state index contributed by atoms with van der Waals surface area (Å²) in [6.07, 6.45) is 3.58. The van der Waals surface area contributed by atoms with Gasteiger partial charge in [0.25, 0.3) is 0 Å². The van der Waals surface area contributed by atoms with Gasteiger partial charge in [0.15, 0.2) is 0 Å². The molecular weight excluding hydrogens is 218 g/mol. The summed E-state index contributed by atoms with van der Waals surface area (Å²) in [5, 5.41) is 7.77. The van der Waals surface area contributed by atoms with E-state index in [1.54, 1.807) is 11.5 Å². The zero-order valence-electron chi connectivity index (χ0n) is 10.8. The fourth-order valence-corrected chi connectivity index (χ4v) is 2.87. The molecule has 0 bridgehead atoms. The second-order valence-electron chi connectivity index (χ2n) is 4.23. The second kappa shape index (κ2) is 6.97. The lowest BCUT2D eigenvalue weighted by Gasteiger charge is -2.25. The van der Waals surface area contributed by atoms with Crippen LogP contribution in [0, 0.1) is 12.8 Å². The molecule has 0 saturated carbocycles. The van der Waals surface area contributed by atoms with Gasteiger partial charge >= 0.3 is 0 Å². The second-order valence-corrected chi connectivity index (χ2v) is 5.02. The van der Waals surface area contributed by atoms with E-state index in [0.29, 0.717) is 12.0 Å². The molecule has 1 aromatic rings. The Balaban J connectivity index is 2.82. The van der Waals surface area contributed by atoms with Crippen molar-refractivity contribution in [3.8, 4) is 0 Å². The summed E-state index contributed by atoms with van der Waals surface area (Å²) >= 11 is 1.54. The van der Waals surface area contributed by atoms with Gasteiger partial charge in [0.1, 0.15) is 0 Å². The number of aromatic nitrogens is 2. The van der Waals surface area contributed by atoms with Crippen molar-refractivity contribution in [1.82, 2.24) is 14.9 Å². The number of hydrogen-bond donors (Lipinski definition) is 1. The number of rotatable bonds is 7. The Labute approximate surface area is 103 Å². The summed E-state index contributed by atoms with van der Waals surface area (Å²) < 4.78 is 4.05. The van der Waals surface area contributed by atoms with Crippen molar-refractivity contribution in [3.05, 3.63) is 10.6 Å². The van der Waals surface area contributed by atoms with E-state index in [4.69, 9.17) is 0 Å². The highest BCUT2D eigenvalue weighted by molar-refractivity contribution is 7.05. The van der Waals surface area contributed by atoms with Crippen molar-refractivity contribution in [2.24, 2.45) is 5.92 Å². The standard InChI is InChI=1S/C12H23N3S/c1-5-8-13-11(10(6-2)7-3)12-9(4)14-15-16-12/h10-11,13H,5-8H2,1-4H3. The SMILES string of the molecule is CCCNC(c1snnc1C)C(CC)CC. The summed E-state index contributed by atoms with van der Waals surface area (Å²) in [6, 6.07) is 0.440. The molecule has 3 nitrogen and oxygen atoms in total. The highest BCUT2D eigenvalue weighted by Gasteiger charge is 2.23. The number of aryl methyl sites for hydroxylation is 1. The lowest BCUT2D eigenvalue weighted by Crippen LogP contribution is -2.28. The topological polar surface area (TPSA) is 37.8 Å². The summed E-state index contributed by atoms with van der Waals surface area (Å²) in [6.45, 7) is 9.85. The molecule has 0 amide bonds. The zero-order chi connectivity index (χ0) is 12.0. The molecule has 1 unspecified atom stereocenters. The fraction of sp³-hybridized carbons (Fsp3) is 0.833. The normalized spacial score (nSPS) is 13.3. The maximum absolute atomic E-state index is 4.13. The predicted molar refractivity (Wildman–Crippen MR) is 69.8 cm³/mol. The average molecular weight is 241 g/mol. The fourth-order valence-electron chi connectivity index (χ4n) is 2.06. The Morgan fingerprint density at radius 2 is 1.94 bits per heavy atom. The van der Waals surface area contributed by atoms with E-state index in [-0.39, 0.29) is 0 Å². The molecule has 92 valence electrons. The van der Waals surface area contributed by atoms with Crippen LogP contribution in [0.1, 0.15) is 56.6 Å². The Bertz CT molecular complexity index is 294. The molecule has 1 aromatic heterocycles.